The van der Waals surface area contributed by atoms with Crippen molar-refractivity contribution < 1.29 is 170 Å². The summed E-state index contributed by atoms with van der Waals surface area (Å²) in [6.07, 6.45) is -1.48. The molecule has 0 heterocycles. The monoisotopic (exact) mass is 2120 g/mol. The van der Waals surface area contributed by atoms with Gasteiger partial charge in [0.15, 0.2) is 5.60 Å². The number of fused-ring (bicyclic) bond motifs is 10. The van der Waals surface area contributed by atoms with Gasteiger partial charge in [0.25, 0.3) is 13.4 Å². The third-order valence-corrected chi connectivity index (χ3v) is 34.8. The molecule has 4 fully saturated rings. The summed E-state index contributed by atoms with van der Waals surface area (Å²) in [7, 11) is -7.29. The fraction of sp³-hybridized carbons (Fsp3) is 0.733. The van der Waals surface area contributed by atoms with Crippen LogP contribution in [-0.2, 0) is 99.8 Å². The van der Waals surface area contributed by atoms with Crippen LogP contribution in [0.5, 0.6) is 23.0 Å². The number of ether oxygens (including phenoxy) is 8. The van der Waals surface area contributed by atoms with Gasteiger partial charge in [0.05, 0.1) is 74.1 Å². The van der Waals surface area contributed by atoms with E-state index in [1.165, 1.54) is 41.0 Å². The molecule has 14 unspecified atom stereocenters. The van der Waals surface area contributed by atoms with E-state index in [0.717, 1.165) is 135 Å². The van der Waals surface area contributed by atoms with Gasteiger partial charge in [-0.3, -0.25) is 13.6 Å². The van der Waals surface area contributed by atoms with Gasteiger partial charge in [0, 0.05) is 131 Å². The number of rotatable bonds is 58. The summed E-state index contributed by atoms with van der Waals surface area (Å²) in [5.41, 5.74) is -1.89. The van der Waals surface area contributed by atoms with Crippen LogP contribution in [-0.4, -0.2) is 200 Å². The molecule has 0 saturated heterocycles. The van der Waals surface area contributed by atoms with Crippen LogP contribution in [0, 0.1) is 69.6 Å². The van der Waals surface area contributed by atoms with Gasteiger partial charge in [-0.05, 0) is 269 Å². The first-order valence-corrected chi connectivity index (χ1v) is 56.8. The third-order valence-electron chi connectivity index (χ3n) is 27.1. The standard InChI is InChI=1S/C45H65F8NO12P2S2.C45H68F5NO12P2S2/c1-42-16-15-35-34-12-10-32(24-31(34)9-11-36(35)38(42)13-14-41(42)62-19-7-20-63-43(2,44(48,49)50)45(51,52)53)66-33-25-39(46)37(40(47)26-33)27-54(3)17-6-22-69-70-23-21-61-18-5-8-30(28-64-67(55,56)57)29-65-68(58,59)60-4;1-43(2,45(48,49)50)60-21-8-20-59-42-15-14-39-37-12-10-32-25-33(11-13-35(32)36(37)16-17-44(39,42)3)63-34-26-40(46)38(41(47)27-34)28-51(4)18-7-23-66-67-24-22-58-19-6-9-31(29-61-64(52,53)54)30-62-65(55,56)57-5/h10,12,24-26,30,35-36,38,41H,5-9,11,13-23,27-29H2,1-4H3,(H,58,59)(H2,55,56,57);11,13,25-27,31,36-37,39,42H,6-10,12,14-24,28-30H2,1-5H3,(H,55,56)(H2,52,53,54)/p-5. The summed E-state index contributed by atoms with van der Waals surface area (Å²) in [4.78, 5) is 67.9. The molecule has 0 aliphatic heterocycles. The zero-order valence-electron chi connectivity index (χ0n) is 78.4. The Kier molecular flexibility index (Phi) is 45.6. The maximum absolute atomic E-state index is 15.3. The Hall–Kier alpha value is -2.91. The minimum Gasteiger partial charge on any atom is -0.790 e. The van der Waals surface area contributed by atoms with Crippen LogP contribution in [0.4, 0.5) is 57.1 Å². The highest BCUT2D eigenvalue weighted by molar-refractivity contribution is 8.77. The lowest BCUT2D eigenvalue weighted by Crippen LogP contribution is -2.56. The molecule has 1 N–H and O–H groups in total. The topological polar surface area (TPSA) is 340 Å². The lowest BCUT2D eigenvalue weighted by molar-refractivity contribution is -0.374. The average Bonchev–Trinajstić information content (AvgIpc) is 1.63. The van der Waals surface area contributed by atoms with Crippen molar-refractivity contribution in [1.29, 1.82) is 0 Å². The number of hydrogen-bond donors (Lipinski definition) is 1. The molecule has 0 amide bonds. The van der Waals surface area contributed by atoms with E-state index in [9.17, 15) is 87.1 Å². The van der Waals surface area contributed by atoms with Gasteiger partial charge >= 0.3 is 26.4 Å². The normalized spacial score (nSPS) is 23.3. The molecule has 0 radical (unpaired) electrons. The van der Waals surface area contributed by atoms with Crippen LogP contribution >= 0.6 is 74.5 Å². The minimum absolute atomic E-state index is 0.000523. The Bertz CT molecular complexity index is 4580. The Balaban J connectivity index is 0.000000307. The second-order valence-corrected chi connectivity index (χ2v) is 47.7. The van der Waals surface area contributed by atoms with E-state index in [-0.39, 0.29) is 104 Å². The van der Waals surface area contributed by atoms with Gasteiger partial charge in [-0.1, -0.05) is 69.2 Å². The van der Waals surface area contributed by atoms with Gasteiger partial charge in [0.2, 0.25) is 0 Å². The number of alkyl halides is 9. The molecule has 4 aromatic rings. The van der Waals surface area contributed by atoms with Crippen LogP contribution in [0.3, 0.4) is 0 Å². The summed E-state index contributed by atoms with van der Waals surface area (Å²) in [6.45, 7) is 7.23. The van der Waals surface area contributed by atoms with E-state index in [2.05, 4.69) is 47.3 Å². The molecule has 10 rings (SSSR count). The predicted octanol–water partition coefficient (Wildman–Crippen LogP) is 19.9. The van der Waals surface area contributed by atoms with Gasteiger partial charge in [-0.2, -0.15) is 39.5 Å². The van der Waals surface area contributed by atoms with Gasteiger partial charge < -0.3 is 104 Å². The maximum Gasteiger partial charge on any atom is 0.471 e. The van der Waals surface area contributed by atoms with Crippen molar-refractivity contribution in [1.82, 2.24) is 9.80 Å². The summed E-state index contributed by atoms with van der Waals surface area (Å²) in [5, 5.41) is 0. The Morgan fingerprint density at radius 1 is 0.460 bits per heavy atom. The molecule has 137 heavy (non-hydrogen) atoms. The van der Waals surface area contributed by atoms with E-state index in [0.29, 0.717) is 124 Å². The predicted molar refractivity (Wildman–Crippen MR) is 486 cm³/mol. The van der Waals surface area contributed by atoms with Crippen LogP contribution in [0.25, 0.3) is 0 Å². The first kappa shape index (κ1) is 118. The van der Waals surface area contributed by atoms with Crippen molar-refractivity contribution in [3.63, 3.8) is 0 Å². The average molecular weight is 2120 g/mol. The molecule has 6 aliphatic rings. The molecular formula is C90H128F13N2O24P4S4-5. The lowest BCUT2D eigenvalue weighted by atomic mass is 9.55. The highest BCUT2D eigenvalue weighted by atomic mass is 33.1. The smallest absolute Gasteiger partial charge is 0.471 e. The molecule has 782 valence electrons. The molecule has 47 heteroatoms. The first-order chi connectivity index (χ1) is 64.3. The first-order valence-electron chi connectivity index (χ1n) is 46.0. The number of phosphoric acid groups is 4. The van der Waals surface area contributed by atoms with E-state index < -0.39 is 123 Å². The number of halogens is 13. The van der Waals surface area contributed by atoms with E-state index >= 15 is 17.6 Å². The Morgan fingerprint density at radius 3 is 1.24 bits per heavy atom. The summed E-state index contributed by atoms with van der Waals surface area (Å²) in [6, 6.07) is 16.6. The highest BCUT2D eigenvalue weighted by Crippen LogP contribution is 2.64. The molecule has 4 saturated carbocycles. The quantitative estimate of drug-likeness (QED) is 0.0186. The molecular weight excluding hydrogens is 1990 g/mol. The number of aryl methyl sites for hydroxylation is 2. The fourth-order valence-corrected chi connectivity index (χ4v) is 25.2. The van der Waals surface area contributed by atoms with Crippen molar-refractivity contribution in [3.8, 4) is 23.0 Å². The fourth-order valence-electron chi connectivity index (χ4n) is 19.5. The third kappa shape index (κ3) is 35.4. The Labute approximate surface area is 809 Å². The van der Waals surface area contributed by atoms with Crippen molar-refractivity contribution in [2.75, 3.05) is 144 Å². The molecule has 26 nitrogen and oxygen atoms in total. The zero-order valence-corrected chi connectivity index (χ0v) is 85.2. The molecule has 0 bridgehead atoms. The maximum atomic E-state index is 15.3. The van der Waals surface area contributed by atoms with Crippen molar-refractivity contribution >= 4 is 74.5 Å². The molecule has 0 aromatic heterocycles. The van der Waals surface area contributed by atoms with Gasteiger partial charge in [-0.15, -0.1) is 0 Å². The summed E-state index contributed by atoms with van der Waals surface area (Å²) < 4.78 is 297. The summed E-state index contributed by atoms with van der Waals surface area (Å²) >= 11 is 0. The molecule has 14 atom stereocenters. The van der Waals surface area contributed by atoms with E-state index in [1.54, 1.807) is 50.2 Å². The summed E-state index contributed by atoms with van der Waals surface area (Å²) in [5.74, 6) is 2.31. The molecule has 4 aromatic carbocycles. The van der Waals surface area contributed by atoms with Crippen LogP contribution < -0.4 is 33.9 Å². The van der Waals surface area contributed by atoms with Crippen molar-refractivity contribution in [2.45, 2.75) is 230 Å². The van der Waals surface area contributed by atoms with Gasteiger partial charge in [0.1, 0.15) is 46.3 Å². The van der Waals surface area contributed by atoms with Crippen LogP contribution in [0.15, 0.2) is 60.7 Å². The number of nitrogens with zero attached hydrogens (tertiary/aromatic N) is 2. The molecule has 6 aliphatic carbocycles. The zero-order chi connectivity index (χ0) is 101. The van der Waals surface area contributed by atoms with Crippen LogP contribution in [0.2, 0.25) is 0 Å². The second-order valence-electron chi connectivity index (χ2n) is 37.0. The Morgan fingerprint density at radius 2 is 0.854 bits per heavy atom. The van der Waals surface area contributed by atoms with Crippen LogP contribution in [0.1, 0.15) is 195 Å². The highest BCUT2D eigenvalue weighted by Gasteiger charge is 2.69. The van der Waals surface area contributed by atoms with E-state index in [4.69, 9.17) is 37.7 Å². The lowest BCUT2D eigenvalue weighted by Gasteiger charge is -2.50. The van der Waals surface area contributed by atoms with Gasteiger partial charge in [-0.25, -0.2) is 22.1 Å². The minimum atomic E-state index is -5.61. The van der Waals surface area contributed by atoms with Crippen molar-refractivity contribution in [3.05, 3.63) is 117 Å². The molecule has 0 spiro atoms. The second kappa shape index (κ2) is 53.1. The SMILES string of the molecule is COP(=O)(O)OCC(CCCOCCSSCCCN(C)Cc1c(F)cc(Oc2ccc3c(c2)CCC2C3CCC3(C)C(OCCCOC(C)(C)C(F)(F)F)CCC23)cc1F)COP(=O)([O-])[O-].COP(=O)([O-])OCC(CCCOCCSSCCCN(C)Cc1c(F)cc(Oc2ccc3c(c2)CCC2C3CCC3(C)C(OCCCOC(C)(C(F)(F)F)C(F)(F)F)CCC23)cc1F)COP(=O)([O-])[O-]. The number of phosphoric ester groups is 4. The van der Waals surface area contributed by atoms with E-state index in [1.807, 2.05) is 47.2 Å². The number of benzene rings is 4. The largest absolute Gasteiger partial charge is 0.790 e. The van der Waals surface area contributed by atoms with Crippen molar-refractivity contribution in [2.24, 2.45) is 46.3 Å². The number of hydrogen-bond acceptors (Lipinski definition) is 29.